The molecule has 0 fully saturated rings. The minimum atomic E-state index is -3.54. The molecular weight excluding hydrogens is 340 g/mol. The summed E-state index contributed by atoms with van der Waals surface area (Å²) in [5.74, 6) is 0.992. The lowest BCUT2D eigenvalue weighted by Gasteiger charge is -2.11. The van der Waals surface area contributed by atoms with Gasteiger partial charge in [0.25, 0.3) is 0 Å². The first kappa shape index (κ1) is 19.0. The molecule has 0 aliphatic heterocycles. The van der Waals surface area contributed by atoms with Gasteiger partial charge in [-0.15, -0.1) is 0 Å². The van der Waals surface area contributed by atoms with Crippen LogP contribution in [0.25, 0.3) is 0 Å². The zero-order chi connectivity index (χ0) is 18.4. The molecule has 25 heavy (non-hydrogen) atoms. The molecule has 2 rings (SSSR count). The monoisotopic (exact) mass is 362 g/mol. The highest BCUT2D eigenvalue weighted by Gasteiger charge is 2.19. The first-order chi connectivity index (χ1) is 11.9. The number of carbonyl (C=O) groups is 1. The number of ether oxygens (including phenoxy) is 2. The van der Waals surface area contributed by atoms with Crippen LogP contribution in [0, 0.1) is 0 Å². The third-order valence-corrected chi connectivity index (χ3v) is 5.59. The van der Waals surface area contributed by atoms with Crippen LogP contribution in [0.1, 0.15) is 24.5 Å². The third-order valence-electron chi connectivity index (χ3n) is 3.91. The van der Waals surface area contributed by atoms with E-state index < -0.39 is 9.84 Å². The van der Waals surface area contributed by atoms with Gasteiger partial charge in [-0.25, -0.2) is 8.42 Å². The highest BCUT2D eigenvalue weighted by molar-refractivity contribution is 7.90. The lowest BCUT2D eigenvalue weighted by atomic mass is 10.1. The Kier molecular flexibility index (Phi) is 6.20. The molecule has 0 N–H and O–H groups in total. The molecule has 5 nitrogen and oxygen atoms in total. The van der Waals surface area contributed by atoms with E-state index in [2.05, 4.69) is 0 Å². The van der Waals surface area contributed by atoms with Gasteiger partial charge in [0.05, 0.1) is 24.9 Å². The van der Waals surface area contributed by atoms with Gasteiger partial charge in [-0.2, -0.15) is 0 Å². The molecule has 0 saturated heterocycles. The molecule has 0 heterocycles. The van der Waals surface area contributed by atoms with E-state index in [1.807, 2.05) is 6.92 Å². The largest absolute Gasteiger partial charge is 0.497 e. The number of carbonyl (C=O) groups excluding carboxylic acids is 1. The Morgan fingerprint density at radius 2 is 1.68 bits per heavy atom. The maximum absolute atomic E-state index is 12.7. The second-order valence-electron chi connectivity index (χ2n) is 5.65. The quantitative estimate of drug-likeness (QED) is 0.721. The smallest absolute Gasteiger partial charge is 0.182 e. The average molecular weight is 362 g/mol. The van der Waals surface area contributed by atoms with Crippen molar-refractivity contribution < 1.29 is 22.7 Å². The fraction of sp³-hybridized carbons (Fsp3) is 0.316. The van der Waals surface area contributed by atoms with Crippen LogP contribution in [-0.2, 0) is 26.8 Å². The van der Waals surface area contributed by atoms with E-state index in [0.717, 1.165) is 5.56 Å². The fourth-order valence-corrected chi connectivity index (χ4v) is 3.80. The highest BCUT2D eigenvalue weighted by atomic mass is 32.2. The summed E-state index contributed by atoms with van der Waals surface area (Å²) in [4.78, 5) is 11.7. The summed E-state index contributed by atoms with van der Waals surface area (Å²) in [7, 11) is -0.520. The number of methoxy groups -OCH3 is 2. The predicted octanol–water partition coefficient (Wildman–Crippen LogP) is 3.20. The summed E-state index contributed by atoms with van der Waals surface area (Å²) in [5, 5.41) is 0. The first-order valence-corrected chi connectivity index (χ1v) is 9.59. The Bertz CT molecular complexity index is 839. The molecule has 0 radical (unpaired) electrons. The van der Waals surface area contributed by atoms with Gasteiger partial charge in [0.2, 0.25) is 0 Å². The zero-order valence-electron chi connectivity index (χ0n) is 14.6. The van der Waals surface area contributed by atoms with Crippen LogP contribution in [0.2, 0.25) is 0 Å². The van der Waals surface area contributed by atoms with Gasteiger partial charge in [-0.05, 0) is 35.9 Å². The molecule has 0 aliphatic carbocycles. The Balaban J connectivity index is 2.26. The Hall–Kier alpha value is -2.34. The average Bonchev–Trinajstić information content (AvgIpc) is 2.61. The Morgan fingerprint density at radius 1 is 1.00 bits per heavy atom. The summed E-state index contributed by atoms with van der Waals surface area (Å²) >= 11 is 0. The van der Waals surface area contributed by atoms with Crippen molar-refractivity contribution in [3.8, 4) is 11.5 Å². The molecule has 0 unspecified atom stereocenters. The second-order valence-corrected chi connectivity index (χ2v) is 7.64. The number of ketones is 1. The number of sulfone groups is 1. The third kappa shape index (κ3) is 4.82. The van der Waals surface area contributed by atoms with Crippen LogP contribution >= 0.6 is 0 Å². The van der Waals surface area contributed by atoms with Gasteiger partial charge in [0, 0.05) is 18.4 Å². The standard InChI is InChI=1S/C19H22O5S/c1-4-16(20)11-14-5-8-18(9-6-14)25(21,22)13-15-12-17(23-2)7-10-19(15)24-3/h5-10,12H,4,11,13H2,1-3H3. The van der Waals surface area contributed by atoms with Gasteiger partial charge in [0.15, 0.2) is 9.84 Å². The molecule has 6 heteroatoms. The molecule has 0 saturated carbocycles. The second kappa shape index (κ2) is 8.16. The molecule has 0 spiro atoms. The first-order valence-electron chi connectivity index (χ1n) is 7.94. The van der Waals surface area contributed by atoms with Crippen LogP contribution in [-0.4, -0.2) is 28.4 Å². The maximum Gasteiger partial charge on any atom is 0.182 e. The van der Waals surface area contributed by atoms with Crippen LogP contribution in [0.3, 0.4) is 0 Å². The number of hydrogen-bond donors (Lipinski definition) is 0. The molecule has 0 aliphatic rings. The summed E-state index contributed by atoms with van der Waals surface area (Å²) in [5.41, 5.74) is 1.34. The predicted molar refractivity (Wildman–Crippen MR) is 95.9 cm³/mol. The van der Waals surface area contributed by atoms with Crippen molar-refractivity contribution in [3.05, 3.63) is 53.6 Å². The molecule has 0 aromatic heterocycles. The number of rotatable bonds is 8. The van der Waals surface area contributed by atoms with Crippen LogP contribution in [0.5, 0.6) is 11.5 Å². The van der Waals surface area contributed by atoms with Crippen LogP contribution in [0.4, 0.5) is 0 Å². The molecule has 2 aromatic carbocycles. The molecule has 0 bridgehead atoms. The SMILES string of the molecule is CCC(=O)Cc1ccc(S(=O)(=O)Cc2cc(OC)ccc2OC)cc1. The van der Waals surface area contributed by atoms with Gasteiger partial charge in [0.1, 0.15) is 17.3 Å². The normalized spacial score (nSPS) is 11.2. The Labute approximate surface area is 148 Å². The molecule has 134 valence electrons. The van der Waals surface area contributed by atoms with Crippen LogP contribution < -0.4 is 9.47 Å². The summed E-state index contributed by atoms with van der Waals surface area (Å²) in [6.45, 7) is 1.81. The molecule has 0 amide bonds. The lowest BCUT2D eigenvalue weighted by molar-refractivity contribution is -0.118. The van der Waals surface area contributed by atoms with E-state index in [1.54, 1.807) is 42.5 Å². The summed E-state index contributed by atoms with van der Waals surface area (Å²) in [6.07, 6.45) is 0.788. The van der Waals surface area contributed by atoms with E-state index in [4.69, 9.17) is 9.47 Å². The van der Waals surface area contributed by atoms with E-state index in [9.17, 15) is 13.2 Å². The minimum absolute atomic E-state index is 0.122. The number of hydrogen-bond acceptors (Lipinski definition) is 5. The van der Waals surface area contributed by atoms with E-state index in [0.29, 0.717) is 29.9 Å². The fourth-order valence-electron chi connectivity index (χ4n) is 2.45. The number of benzene rings is 2. The van der Waals surface area contributed by atoms with E-state index >= 15 is 0 Å². The summed E-state index contributed by atoms with van der Waals surface area (Å²) in [6, 6.07) is 11.5. The van der Waals surface area contributed by atoms with Crippen molar-refractivity contribution in [2.24, 2.45) is 0 Å². The van der Waals surface area contributed by atoms with Crippen LogP contribution in [0.15, 0.2) is 47.4 Å². The number of Topliss-reactive ketones (excluding diaryl/α,β-unsaturated/α-hetero) is 1. The maximum atomic E-state index is 12.7. The summed E-state index contributed by atoms with van der Waals surface area (Å²) < 4.78 is 35.8. The van der Waals surface area contributed by atoms with Crippen molar-refractivity contribution in [3.63, 3.8) is 0 Å². The van der Waals surface area contributed by atoms with Crippen molar-refractivity contribution in [2.75, 3.05) is 14.2 Å². The highest BCUT2D eigenvalue weighted by Crippen LogP contribution is 2.28. The van der Waals surface area contributed by atoms with Crippen molar-refractivity contribution in [1.29, 1.82) is 0 Å². The topological polar surface area (TPSA) is 69.7 Å². The van der Waals surface area contributed by atoms with Gasteiger partial charge < -0.3 is 9.47 Å². The van der Waals surface area contributed by atoms with Crippen molar-refractivity contribution >= 4 is 15.6 Å². The molecular formula is C19H22O5S. The van der Waals surface area contributed by atoms with E-state index in [-0.39, 0.29) is 16.4 Å². The van der Waals surface area contributed by atoms with Gasteiger partial charge in [-0.1, -0.05) is 19.1 Å². The lowest BCUT2D eigenvalue weighted by Crippen LogP contribution is -2.07. The van der Waals surface area contributed by atoms with Gasteiger partial charge in [-0.3, -0.25) is 4.79 Å². The van der Waals surface area contributed by atoms with Crippen molar-refractivity contribution in [1.82, 2.24) is 0 Å². The Morgan fingerprint density at radius 3 is 2.24 bits per heavy atom. The molecule has 2 aromatic rings. The molecule has 0 atom stereocenters. The zero-order valence-corrected chi connectivity index (χ0v) is 15.4. The van der Waals surface area contributed by atoms with Crippen molar-refractivity contribution in [2.45, 2.75) is 30.4 Å². The van der Waals surface area contributed by atoms with Gasteiger partial charge >= 0.3 is 0 Å². The van der Waals surface area contributed by atoms with E-state index in [1.165, 1.54) is 14.2 Å². The minimum Gasteiger partial charge on any atom is -0.497 e.